The van der Waals surface area contributed by atoms with Gasteiger partial charge in [-0.25, -0.2) is 0 Å². The summed E-state index contributed by atoms with van der Waals surface area (Å²) in [6.45, 7) is 5.38. The first-order valence-electron chi connectivity index (χ1n) is 8.89. The van der Waals surface area contributed by atoms with Crippen molar-refractivity contribution in [2.75, 3.05) is 0 Å². The molecule has 1 aromatic carbocycles. The summed E-state index contributed by atoms with van der Waals surface area (Å²) < 4.78 is 79.1. The highest BCUT2D eigenvalue weighted by molar-refractivity contribution is 5.34. The molecule has 148 valence electrons. The predicted molar refractivity (Wildman–Crippen MR) is 90.1 cm³/mol. The van der Waals surface area contributed by atoms with Gasteiger partial charge in [-0.3, -0.25) is 0 Å². The van der Waals surface area contributed by atoms with Gasteiger partial charge in [0.05, 0.1) is 10.8 Å². The lowest BCUT2D eigenvalue weighted by Gasteiger charge is -2.39. The van der Waals surface area contributed by atoms with Gasteiger partial charge < -0.3 is 0 Å². The molecule has 0 aliphatic heterocycles. The fraction of sp³-hybridized carbons (Fsp3) is 0.700. The molecule has 26 heavy (non-hydrogen) atoms. The molecule has 1 saturated carbocycles. The van der Waals surface area contributed by atoms with Crippen LogP contribution in [0.2, 0.25) is 0 Å². The molecule has 1 fully saturated rings. The van der Waals surface area contributed by atoms with Gasteiger partial charge in [0.25, 0.3) is 0 Å². The minimum absolute atomic E-state index is 0.0289. The van der Waals surface area contributed by atoms with E-state index in [0.29, 0.717) is 18.4 Å². The second kappa shape index (κ2) is 6.75. The maximum atomic E-state index is 13.2. The first kappa shape index (κ1) is 21.1. The monoisotopic (exact) mass is 380 g/mol. The molecular formula is C20H26F6. The second-order valence-corrected chi connectivity index (χ2v) is 8.58. The third-order valence-corrected chi connectivity index (χ3v) is 6.02. The van der Waals surface area contributed by atoms with Gasteiger partial charge in [0.1, 0.15) is 0 Å². The standard InChI is InChI=1S/C20H26F6/c1-13-5-6-15(11-16(13)12-17(2,3)19(21,22)23)14-7-9-18(4,10-8-14)20(24,25)26/h5-6,11,14H,7-10,12H2,1-4H3. The van der Waals surface area contributed by atoms with Crippen molar-refractivity contribution < 1.29 is 26.3 Å². The summed E-state index contributed by atoms with van der Waals surface area (Å²) in [5.41, 5.74) is -1.25. The van der Waals surface area contributed by atoms with E-state index in [1.165, 1.54) is 20.8 Å². The van der Waals surface area contributed by atoms with E-state index in [1.807, 2.05) is 6.07 Å². The fourth-order valence-electron chi connectivity index (χ4n) is 3.58. The third-order valence-electron chi connectivity index (χ3n) is 6.02. The number of halogens is 6. The van der Waals surface area contributed by atoms with Crippen LogP contribution in [0.25, 0.3) is 0 Å². The van der Waals surface area contributed by atoms with Crippen LogP contribution in [-0.4, -0.2) is 12.4 Å². The zero-order valence-electron chi connectivity index (χ0n) is 15.6. The normalized spacial score (nSPS) is 25.4. The molecule has 0 nitrogen and oxygen atoms in total. The lowest BCUT2D eigenvalue weighted by Crippen LogP contribution is -2.38. The Labute approximate surface area is 151 Å². The Balaban J connectivity index is 2.18. The molecule has 0 amide bonds. The van der Waals surface area contributed by atoms with Crippen LogP contribution in [-0.2, 0) is 6.42 Å². The Morgan fingerprint density at radius 2 is 1.54 bits per heavy atom. The zero-order valence-corrected chi connectivity index (χ0v) is 15.6. The van der Waals surface area contributed by atoms with E-state index in [0.717, 1.165) is 11.1 Å². The van der Waals surface area contributed by atoms with Gasteiger partial charge in [-0.15, -0.1) is 0 Å². The van der Waals surface area contributed by atoms with Gasteiger partial charge in [0.2, 0.25) is 0 Å². The van der Waals surface area contributed by atoms with Crippen molar-refractivity contribution >= 4 is 0 Å². The van der Waals surface area contributed by atoms with E-state index < -0.39 is 23.2 Å². The summed E-state index contributed by atoms with van der Waals surface area (Å²) in [7, 11) is 0. The smallest absolute Gasteiger partial charge is 0.171 e. The molecule has 1 aliphatic carbocycles. The Bertz CT molecular complexity index is 631. The summed E-state index contributed by atoms with van der Waals surface area (Å²) in [5.74, 6) is -0.0289. The fourth-order valence-corrected chi connectivity index (χ4v) is 3.58. The molecule has 0 bridgehead atoms. The maximum absolute atomic E-state index is 13.2. The van der Waals surface area contributed by atoms with Crippen LogP contribution in [0.4, 0.5) is 26.3 Å². The lowest BCUT2D eigenvalue weighted by molar-refractivity contribution is -0.228. The van der Waals surface area contributed by atoms with Crippen LogP contribution in [0.5, 0.6) is 0 Å². The third kappa shape index (κ3) is 4.20. The Morgan fingerprint density at radius 1 is 1.00 bits per heavy atom. The molecule has 1 aromatic rings. The second-order valence-electron chi connectivity index (χ2n) is 8.58. The van der Waals surface area contributed by atoms with Gasteiger partial charge in [0, 0.05) is 0 Å². The number of alkyl halides is 6. The highest BCUT2D eigenvalue weighted by Crippen LogP contribution is 2.52. The quantitative estimate of drug-likeness (QED) is 0.481. The molecular weight excluding hydrogens is 354 g/mol. The minimum Gasteiger partial charge on any atom is -0.171 e. The summed E-state index contributed by atoms with van der Waals surface area (Å²) in [6.07, 6.45) is -7.75. The van der Waals surface area contributed by atoms with Crippen LogP contribution in [0.15, 0.2) is 18.2 Å². The molecule has 0 unspecified atom stereocenters. The van der Waals surface area contributed by atoms with Gasteiger partial charge in [0.15, 0.2) is 0 Å². The number of hydrogen-bond donors (Lipinski definition) is 0. The Hall–Kier alpha value is -1.20. The predicted octanol–water partition coefficient (Wildman–Crippen LogP) is 7.35. The summed E-state index contributed by atoms with van der Waals surface area (Å²) in [5, 5.41) is 0. The van der Waals surface area contributed by atoms with Crippen molar-refractivity contribution in [2.45, 2.75) is 78.1 Å². The Morgan fingerprint density at radius 3 is 2.00 bits per heavy atom. The number of benzene rings is 1. The van der Waals surface area contributed by atoms with Crippen molar-refractivity contribution in [3.63, 3.8) is 0 Å². The van der Waals surface area contributed by atoms with Crippen LogP contribution in [0.3, 0.4) is 0 Å². The first-order chi connectivity index (χ1) is 11.7. The molecule has 2 rings (SSSR count). The molecule has 0 radical (unpaired) electrons. The van der Waals surface area contributed by atoms with Crippen molar-refractivity contribution in [3.05, 3.63) is 34.9 Å². The topological polar surface area (TPSA) is 0 Å². The van der Waals surface area contributed by atoms with E-state index in [1.54, 1.807) is 19.1 Å². The van der Waals surface area contributed by atoms with Crippen LogP contribution in [0, 0.1) is 17.8 Å². The minimum atomic E-state index is -4.31. The molecule has 0 N–H and O–H groups in total. The number of aryl methyl sites for hydroxylation is 1. The van der Waals surface area contributed by atoms with E-state index in [4.69, 9.17) is 0 Å². The molecule has 0 spiro atoms. The largest absolute Gasteiger partial charge is 0.394 e. The molecule has 0 heterocycles. The van der Waals surface area contributed by atoms with Crippen LogP contribution in [0.1, 0.15) is 69.1 Å². The van der Waals surface area contributed by atoms with Crippen molar-refractivity contribution in [1.29, 1.82) is 0 Å². The summed E-state index contributed by atoms with van der Waals surface area (Å²) in [4.78, 5) is 0. The first-order valence-corrected chi connectivity index (χ1v) is 8.89. The average Bonchev–Trinajstić information content (AvgIpc) is 2.48. The van der Waals surface area contributed by atoms with Crippen LogP contribution >= 0.6 is 0 Å². The maximum Gasteiger partial charge on any atom is 0.394 e. The molecule has 0 aromatic heterocycles. The highest BCUT2D eigenvalue weighted by Gasteiger charge is 2.52. The SMILES string of the molecule is Cc1ccc(C2CCC(C)(C(F)(F)F)CC2)cc1CC(C)(C)C(F)(F)F. The molecule has 6 heteroatoms. The molecule has 0 saturated heterocycles. The van der Waals surface area contributed by atoms with Crippen LogP contribution < -0.4 is 0 Å². The highest BCUT2D eigenvalue weighted by atomic mass is 19.4. The van der Waals surface area contributed by atoms with Gasteiger partial charge in [-0.05, 0) is 61.6 Å². The van der Waals surface area contributed by atoms with E-state index in [2.05, 4.69) is 0 Å². The average molecular weight is 380 g/mol. The van der Waals surface area contributed by atoms with Gasteiger partial charge in [-0.1, -0.05) is 39.0 Å². The summed E-state index contributed by atoms with van der Waals surface area (Å²) in [6, 6.07) is 5.40. The lowest BCUT2D eigenvalue weighted by atomic mass is 9.69. The van der Waals surface area contributed by atoms with E-state index in [9.17, 15) is 26.3 Å². The Kier molecular flexibility index (Phi) is 5.48. The van der Waals surface area contributed by atoms with Gasteiger partial charge >= 0.3 is 12.4 Å². The van der Waals surface area contributed by atoms with Crippen molar-refractivity contribution in [3.8, 4) is 0 Å². The molecule has 1 aliphatic rings. The zero-order chi connectivity index (χ0) is 20.0. The van der Waals surface area contributed by atoms with E-state index >= 15 is 0 Å². The number of hydrogen-bond acceptors (Lipinski definition) is 0. The summed E-state index contributed by atoms with van der Waals surface area (Å²) >= 11 is 0. The van der Waals surface area contributed by atoms with Crippen molar-refractivity contribution in [1.82, 2.24) is 0 Å². The van der Waals surface area contributed by atoms with Crippen molar-refractivity contribution in [2.24, 2.45) is 10.8 Å². The van der Waals surface area contributed by atoms with E-state index in [-0.39, 0.29) is 25.2 Å². The molecule has 0 atom stereocenters. The number of rotatable bonds is 3. The van der Waals surface area contributed by atoms with Gasteiger partial charge in [-0.2, -0.15) is 26.3 Å².